The molecule has 1 heterocycles. The van der Waals surface area contributed by atoms with E-state index in [-0.39, 0.29) is 5.82 Å². The Kier molecular flexibility index (Phi) is 2.21. The van der Waals surface area contributed by atoms with Crippen molar-refractivity contribution < 1.29 is 4.39 Å². The highest BCUT2D eigenvalue weighted by Crippen LogP contribution is 2.18. The van der Waals surface area contributed by atoms with Crippen molar-refractivity contribution in [3.05, 3.63) is 29.7 Å². The highest BCUT2D eigenvalue weighted by atomic mass is 19.1. The molecule has 3 nitrogen and oxygen atoms in total. The van der Waals surface area contributed by atoms with Gasteiger partial charge in [-0.1, -0.05) is 0 Å². The second-order valence-electron chi connectivity index (χ2n) is 3.31. The molecule has 0 fully saturated rings. The van der Waals surface area contributed by atoms with Crippen LogP contribution in [0.4, 0.5) is 4.39 Å². The summed E-state index contributed by atoms with van der Waals surface area (Å²) in [5.41, 5.74) is 6.86. The minimum absolute atomic E-state index is 0.202. The van der Waals surface area contributed by atoms with Crippen molar-refractivity contribution in [3.8, 4) is 0 Å². The fourth-order valence-corrected chi connectivity index (χ4v) is 1.57. The van der Waals surface area contributed by atoms with Crippen LogP contribution < -0.4 is 5.73 Å². The van der Waals surface area contributed by atoms with Crippen molar-refractivity contribution >= 4 is 10.9 Å². The lowest BCUT2D eigenvalue weighted by Crippen LogP contribution is -2.04. The number of halogens is 1. The van der Waals surface area contributed by atoms with Gasteiger partial charge in [0.05, 0.1) is 11.7 Å². The molecule has 0 spiro atoms. The average molecular weight is 193 g/mol. The molecule has 4 heteroatoms. The lowest BCUT2D eigenvalue weighted by molar-refractivity contribution is 0.610. The molecule has 2 N–H and O–H groups in total. The number of fused-ring (bicyclic) bond motifs is 1. The van der Waals surface area contributed by atoms with Gasteiger partial charge in [-0.25, -0.2) is 4.39 Å². The van der Waals surface area contributed by atoms with E-state index in [0.717, 1.165) is 10.9 Å². The molecule has 74 valence electrons. The first-order valence-corrected chi connectivity index (χ1v) is 4.52. The molecule has 1 aromatic heterocycles. The third-order valence-corrected chi connectivity index (χ3v) is 2.33. The van der Waals surface area contributed by atoms with Crippen LogP contribution in [0.15, 0.2) is 18.3 Å². The maximum Gasteiger partial charge on any atom is 0.128 e. The largest absolute Gasteiger partial charge is 0.330 e. The van der Waals surface area contributed by atoms with Crippen LogP contribution in [0.1, 0.15) is 5.56 Å². The van der Waals surface area contributed by atoms with Crippen LogP contribution in [0, 0.1) is 5.82 Å². The van der Waals surface area contributed by atoms with Gasteiger partial charge in [0, 0.05) is 18.5 Å². The molecule has 1 aromatic carbocycles. The molecule has 0 aliphatic rings. The molecule has 0 aliphatic heterocycles. The van der Waals surface area contributed by atoms with E-state index in [1.807, 2.05) is 6.07 Å². The molecule has 2 rings (SSSR count). The minimum atomic E-state index is -0.202. The van der Waals surface area contributed by atoms with Crippen molar-refractivity contribution in [2.75, 3.05) is 6.54 Å². The quantitative estimate of drug-likeness (QED) is 0.779. The summed E-state index contributed by atoms with van der Waals surface area (Å²) in [6, 6.07) is 3.32. The summed E-state index contributed by atoms with van der Waals surface area (Å²) in [6.45, 7) is 0.461. The van der Waals surface area contributed by atoms with Gasteiger partial charge in [-0.15, -0.1) is 0 Å². The lowest BCUT2D eigenvalue weighted by Gasteiger charge is -2.01. The van der Waals surface area contributed by atoms with Crippen molar-refractivity contribution in [1.29, 1.82) is 0 Å². The third-order valence-electron chi connectivity index (χ3n) is 2.33. The van der Waals surface area contributed by atoms with Crippen LogP contribution >= 0.6 is 0 Å². The number of hydrogen-bond donors (Lipinski definition) is 1. The maximum atomic E-state index is 13.5. The summed E-state index contributed by atoms with van der Waals surface area (Å²) >= 11 is 0. The second kappa shape index (κ2) is 3.38. The molecular weight excluding hydrogens is 181 g/mol. The highest BCUT2D eigenvalue weighted by molar-refractivity contribution is 5.79. The van der Waals surface area contributed by atoms with Crippen molar-refractivity contribution in [1.82, 2.24) is 9.78 Å². The zero-order valence-electron chi connectivity index (χ0n) is 8.00. The van der Waals surface area contributed by atoms with Crippen LogP contribution in [0.3, 0.4) is 0 Å². The van der Waals surface area contributed by atoms with Crippen LogP contribution in [0.2, 0.25) is 0 Å². The third kappa shape index (κ3) is 1.37. The van der Waals surface area contributed by atoms with Gasteiger partial charge in [-0.3, -0.25) is 4.68 Å². The Morgan fingerprint density at radius 3 is 3.00 bits per heavy atom. The van der Waals surface area contributed by atoms with E-state index in [9.17, 15) is 4.39 Å². The standard InChI is InChI=1S/C10H12FN3/c1-14-10-5-9(11)7(2-3-12)4-8(10)6-13-14/h4-6H,2-3,12H2,1H3. The molecule has 0 saturated heterocycles. The van der Waals surface area contributed by atoms with Gasteiger partial charge in [0.25, 0.3) is 0 Å². The number of nitrogens with zero attached hydrogens (tertiary/aromatic N) is 2. The van der Waals surface area contributed by atoms with Gasteiger partial charge < -0.3 is 5.73 Å². The number of aromatic nitrogens is 2. The SMILES string of the molecule is Cn1ncc2cc(CCN)c(F)cc21. The van der Waals surface area contributed by atoms with Crippen molar-refractivity contribution in [2.45, 2.75) is 6.42 Å². The average Bonchev–Trinajstić information content (AvgIpc) is 2.50. The van der Waals surface area contributed by atoms with E-state index in [1.54, 1.807) is 17.9 Å². The number of nitrogens with two attached hydrogens (primary N) is 1. The van der Waals surface area contributed by atoms with Gasteiger partial charge in [0.1, 0.15) is 5.82 Å². The summed E-state index contributed by atoms with van der Waals surface area (Å²) < 4.78 is 15.1. The van der Waals surface area contributed by atoms with E-state index in [0.29, 0.717) is 18.5 Å². The van der Waals surface area contributed by atoms with E-state index in [4.69, 9.17) is 5.73 Å². The molecule has 0 aliphatic carbocycles. The fraction of sp³-hybridized carbons (Fsp3) is 0.300. The zero-order chi connectivity index (χ0) is 10.1. The van der Waals surface area contributed by atoms with Gasteiger partial charge in [-0.2, -0.15) is 5.10 Å². The molecule has 0 atom stereocenters. The topological polar surface area (TPSA) is 43.8 Å². The summed E-state index contributed by atoms with van der Waals surface area (Å²) in [6.07, 6.45) is 2.30. The predicted octanol–water partition coefficient (Wildman–Crippen LogP) is 1.21. The molecule has 0 amide bonds. The number of benzene rings is 1. The Balaban J connectivity index is 2.60. The van der Waals surface area contributed by atoms with E-state index < -0.39 is 0 Å². The number of hydrogen-bond acceptors (Lipinski definition) is 2. The second-order valence-corrected chi connectivity index (χ2v) is 3.31. The first-order valence-electron chi connectivity index (χ1n) is 4.52. The molecule has 0 unspecified atom stereocenters. The van der Waals surface area contributed by atoms with Crippen molar-refractivity contribution in [3.63, 3.8) is 0 Å². The normalized spacial score (nSPS) is 11.1. The number of rotatable bonds is 2. The number of aryl methyl sites for hydroxylation is 1. The highest BCUT2D eigenvalue weighted by Gasteiger charge is 2.06. The van der Waals surface area contributed by atoms with Gasteiger partial charge in [0.2, 0.25) is 0 Å². The Morgan fingerprint density at radius 2 is 2.29 bits per heavy atom. The minimum Gasteiger partial charge on any atom is -0.330 e. The van der Waals surface area contributed by atoms with Crippen LogP contribution in [0.25, 0.3) is 10.9 Å². The van der Waals surface area contributed by atoms with Gasteiger partial charge in [0.15, 0.2) is 0 Å². The molecule has 2 aromatic rings. The fourth-order valence-electron chi connectivity index (χ4n) is 1.57. The maximum absolute atomic E-state index is 13.5. The van der Waals surface area contributed by atoms with Crippen LogP contribution in [-0.4, -0.2) is 16.3 Å². The van der Waals surface area contributed by atoms with E-state index in [2.05, 4.69) is 5.10 Å². The molecular formula is C10H12FN3. The molecule has 0 radical (unpaired) electrons. The Hall–Kier alpha value is -1.42. The molecule has 0 saturated carbocycles. The van der Waals surface area contributed by atoms with E-state index >= 15 is 0 Å². The zero-order valence-corrected chi connectivity index (χ0v) is 8.00. The van der Waals surface area contributed by atoms with Crippen LogP contribution in [0.5, 0.6) is 0 Å². The smallest absolute Gasteiger partial charge is 0.128 e. The first-order chi connectivity index (χ1) is 6.72. The van der Waals surface area contributed by atoms with E-state index in [1.165, 1.54) is 6.07 Å². The summed E-state index contributed by atoms with van der Waals surface area (Å²) in [5, 5.41) is 5.01. The lowest BCUT2D eigenvalue weighted by atomic mass is 10.1. The molecule has 0 bridgehead atoms. The summed E-state index contributed by atoms with van der Waals surface area (Å²) in [5.74, 6) is -0.202. The van der Waals surface area contributed by atoms with Gasteiger partial charge in [-0.05, 0) is 24.6 Å². The van der Waals surface area contributed by atoms with Crippen molar-refractivity contribution in [2.24, 2.45) is 12.8 Å². The van der Waals surface area contributed by atoms with Gasteiger partial charge >= 0.3 is 0 Å². The van der Waals surface area contributed by atoms with Crippen LogP contribution in [-0.2, 0) is 13.5 Å². The summed E-state index contributed by atoms with van der Waals surface area (Å²) in [7, 11) is 1.80. The summed E-state index contributed by atoms with van der Waals surface area (Å²) in [4.78, 5) is 0. The Bertz CT molecular complexity index is 462. The molecule has 14 heavy (non-hydrogen) atoms. The first kappa shape index (κ1) is 9.15. The monoisotopic (exact) mass is 193 g/mol. The Labute approximate surface area is 81.3 Å². The predicted molar refractivity (Wildman–Crippen MR) is 53.4 cm³/mol. The Morgan fingerprint density at radius 1 is 1.50 bits per heavy atom.